The molecule has 0 saturated heterocycles. The summed E-state index contributed by atoms with van der Waals surface area (Å²) in [4.78, 5) is 28.8. The SMILES string of the molecule is C=CC1=C(C)c2cc3[nH]c(c4c5[nH]c(cc6nc(cc1n2)C(C)=C6CC)c(C)c5C(O)=C4)C(CCC(=O)O)[C@@H]3C. The molecule has 0 spiro atoms. The van der Waals surface area contributed by atoms with Crippen LogP contribution >= 0.6 is 0 Å². The molecule has 0 radical (unpaired) electrons. The molecule has 2 aromatic heterocycles. The number of aromatic nitrogens is 4. The number of nitrogens with zero attached hydrogens (tertiary/aromatic N) is 2. The molecule has 0 aromatic carbocycles. The van der Waals surface area contributed by atoms with E-state index in [-0.39, 0.29) is 24.0 Å². The maximum atomic E-state index is 11.6. The zero-order chi connectivity index (χ0) is 28.5. The Bertz CT molecular complexity index is 1800. The van der Waals surface area contributed by atoms with Gasteiger partial charge in [0.05, 0.1) is 28.3 Å². The third kappa shape index (κ3) is 3.83. The number of carboxylic acid groups (broad SMARTS) is 1. The van der Waals surface area contributed by atoms with Gasteiger partial charge < -0.3 is 20.2 Å². The molecule has 0 fully saturated rings. The van der Waals surface area contributed by atoms with Gasteiger partial charge in [-0.3, -0.25) is 4.79 Å². The highest BCUT2D eigenvalue weighted by atomic mass is 16.4. The van der Waals surface area contributed by atoms with E-state index < -0.39 is 5.97 Å². The van der Waals surface area contributed by atoms with E-state index in [0.29, 0.717) is 6.42 Å². The Hall–Kier alpha value is -4.39. The molecule has 3 aliphatic heterocycles. The molecule has 1 aliphatic carbocycles. The minimum absolute atomic E-state index is 0.0307. The number of aromatic amines is 2. The Kier molecular flexibility index (Phi) is 6.06. The zero-order valence-corrected chi connectivity index (χ0v) is 23.6. The first kappa shape index (κ1) is 25.9. The summed E-state index contributed by atoms with van der Waals surface area (Å²) in [6, 6.07) is 6.19. The molecule has 4 N–H and O–H groups in total. The van der Waals surface area contributed by atoms with Gasteiger partial charge in [0, 0.05) is 51.9 Å². The number of H-pyrrole nitrogens is 2. The smallest absolute Gasteiger partial charge is 0.303 e. The second kappa shape index (κ2) is 9.37. The average Bonchev–Trinajstić information content (AvgIpc) is 3.65. The number of aryl methyl sites for hydroxylation is 1. The number of carbonyl (C=O) groups is 1. The summed E-state index contributed by atoms with van der Waals surface area (Å²) >= 11 is 0. The Morgan fingerprint density at radius 3 is 2.48 bits per heavy atom. The summed E-state index contributed by atoms with van der Waals surface area (Å²) < 4.78 is 0. The lowest BCUT2D eigenvalue weighted by atomic mass is 9.86. The minimum atomic E-state index is -0.821. The zero-order valence-electron chi connectivity index (χ0n) is 23.6. The maximum absolute atomic E-state index is 11.6. The van der Waals surface area contributed by atoms with Gasteiger partial charge in [-0.1, -0.05) is 26.5 Å². The summed E-state index contributed by atoms with van der Waals surface area (Å²) in [6.45, 7) is 14.5. The van der Waals surface area contributed by atoms with Crippen molar-refractivity contribution in [2.75, 3.05) is 0 Å². The highest BCUT2D eigenvalue weighted by Gasteiger charge is 2.33. The quantitative estimate of drug-likeness (QED) is 0.311. The van der Waals surface area contributed by atoms with Crippen LogP contribution in [0.4, 0.5) is 0 Å². The van der Waals surface area contributed by atoms with Crippen molar-refractivity contribution in [3.05, 3.63) is 81.7 Å². The van der Waals surface area contributed by atoms with Gasteiger partial charge in [-0.15, -0.1) is 0 Å². The van der Waals surface area contributed by atoms with E-state index in [2.05, 4.69) is 56.4 Å². The number of aliphatic hydroxyl groups is 1. The number of rotatable bonds is 5. The lowest BCUT2D eigenvalue weighted by Crippen LogP contribution is -2.06. The largest absolute Gasteiger partial charge is 0.507 e. The van der Waals surface area contributed by atoms with E-state index in [0.717, 1.165) is 85.0 Å². The molecule has 2 atom stereocenters. The molecule has 0 amide bonds. The Labute approximate surface area is 233 Å². The van der Waals surface area contributed by atoms with Crippen LogP contribution < -0.4 is 0 Å². The van der Waals surface area contributed by atoms with Crippen LogP contribution in [-0.4, -0.2) is 36.1 Å². The molecular formula is C33H34N4O3. The third-order valence-electron chi connectivity index (χ3n) is 8.89. The first-order valence-electron chi connectivity index (χ1n) is 13.9. The number of hydrogen-bond acceptors (Lipinski definition) is 4. The summed E-state index contributed by atoms with van der Waals surface area (Å²) in [7, 11) is 0. The van der Waals surface area contributed by atoms with Crippen LogP contribution in [-0.2, 0) is 4.79 Å². The first-order valence-corrected chi connectivity index (χ1v) is 13.9. The van der Waals surface area contributed by atoms with Crippen LogP contribution in [0.5, 0.6) is 0 Å². The fourth-order valence-electron chi connectivity index (χ4n) is 6.57. The van der Waals surface area contributed by atoms with Gasteiger partial charge in [0.25, 0.3) is 0 Å². The summed E-state index contributed by atoms with van der Waals surface area (Å²) in [5.41, 5.74) is 14.0. The van der Waals surface area contributed by atoms with Crippen molar-refractivity contribution in [1.82, 2.24) is 19.9 Å². The van der Waals surface area contributed by atoms with E-state index in [9.17, 15) is 15.0 Å². The number of allylic oxidation sites excluding steroid dienone is 5. The molecule has 7 heteroatoms. The maximum Gasteiger partial charge on any atom is 0.303 e. The number of carboxylic acids is 1. The highest BCUT2D eigenvalue weighted by Crippen LogP contribution is 2.46. The number of aliphatic hydroxyl groups excluding tert-OH is 1. The molecule has 8 bridgehead atoms. The topological polar surface area (TPSA) is 115 Å². The van der Waals surface area contributed by atoms with Crippen molar-refractivity contribution in [2.24, 2.45) is 0 Å². The molecule has 4 aliphatic rings. The Balaban J connectivity index is 1.76. The summed E-state index contributed by atoms with van der Waals surface area (Å²) in [5, 5.41) is 20.6. The molecule has 204 valence electrons. The summed E-state index contributed by atoms with van der Waals surface area (Å²) in [5.74, 6) is -0.644. The van der Waals surface area contributed by atoms with Crippen LogP contribution in [0, 0.1) is 6.92 Å². The molecular weight excluding hydrogens is 500 g/mol. The standard InChI is InChI=1S/C33H34N4O3/c1-7-19-15(3)23-12-25-17(5)21(9-10-30(39)40)32(36-25)22-11-29(38)31-18(6)26(37-33(22)31)14-28-20(8-2)16(4)24(35-28)13-27(19)34-23/h7,11-14,17,21,36-38H,1,8-10H2,2-6H3,(H,39,40)/t17-,21?/m0/s1. The second-order valence-corrected chi connectivity index (χ2v) is 11.1. The predicted molar refractivity (Wildman–Crippen MR) is 161 cm³/mol. The molecule has 2 aromatic rings. The van der Waals surface area contributed by atoms with Gasteiger partial charge in [0.15, 0.2) is 0 Å². The van der Waals surface area contributed by atoms with Gasteiger partial charge in [-0.2, -0.15) is 0 Å². The number of fused-ring (bicyclic) bond motifs is 8. The van der Waals surface area contributed by atoms with Gasteiger partial charge in [0.2, 0.25) is 0 Å². The first-order chi connectivity index (χ1) is 19.1. The van der Waals surface area contributed by atoms with Gasteiger partial charge >= 0.3 is 5.97 Å². The van der Waals surface area contributed by atoms with Crippen LogP contribution in [0.25, 0.3) is 45.2 Å². The number of aliphatic carboxylic acids is 1. The van der Waals surface area contributed by atoms with Gasteiger partial charge in [0.1, 0.15) is 5.76 Å². The van der Waals surface area contributed by atoms with Crippen LogP contribution in [0.3, 0.4) is 0 Å². The molecule has 7 nitrogen and oxygen atoms in total. The summed E-state index contributed by atoms with van der Waals surface area (Å²) in [6.07, 6.45) is 5.02. The van der Waals surface area contributed by atoms with Crippen LogP contribution in [0.15, 0.2) is 30.9 Å². The van der Waals surface area contributed by atoms with E-state index >= 15 is 0 Å². The number of hydrogen-bond donors (Lipinski definition) is 4. The Morgan fingerprint density at radius 1 is 1.05 bits per heavy atom. The van der Waals surface area contributed by atoms with Gasteiger partial charge in [-0.25, -0.2) is 9.97 Å². The monoisotopic (exact) mass is 534 g/mol. The van der Waals surface area contributed by atoms with E-state index in [1.165, 1.54) is 5.57 Å². The molecule has 6 rings (SSSR count). The Morgan fingerprint density at radius 2 is 1.77 bits per heavy atom. The third-order valence-corrected chi connectivity index (χ3v) is 8.89. The van der Waals surface area contributed by atoms with E-state index in [1.807, 2.05) is 19.1 Å². The van der Waals surface area contributed by atoms with E-state index in [4.69, 9.17) is 9.97 Å². The van der Waals surface area contributed by atoms with Crippen LogP contribution in [0.2, 0.25) is 0 Å². The number of nitrogens with one attached hydrogen (secondary N) is 2. The van der Waals surface area contributed by atoms with Crippen molar-refractivity contribution in [2.45, 2.75) is 65.7 Å². The molecule has 5 heterocycles. The van der Waals surface area contributed by atoms with Crippen molar-refractivity contribution in [3.8, 4) is 0 Å². The predicted octanol–water partition coefficient (Wildman–Crippen LogP) is 7.92. The normalized spacial score (nSPS) is 18.8. The van der Waals surface area contributed by atoms with Gasteiger partial charge in [-0.05, 0) is 80.2 Å². The lowest BCUT2D eigenvalue weighted by Gasteiger charge is -2.16. The van der Waals surface area contributed by atoms with E-state index in [1.54, 1.807) is 6.08 Å². The van der Waals surface area contributed by atoms with Crippen molar-refractivity contribution >= 4 is 51.1 Å². The lowest BCUT2D eigenvalue weighted by molar-refractivity contribution is -0.137. The molecule has 40 heavy (non-hydrogen) atoms. The van der Waals surface area contributed by atoms with Crippen molar-refractivity contribution in [3.63, 3.8) is 0 Å². The fourth-order valence-corrected chi connectivity index (χ4v) is 6.57. The van der Waals surface area contributed by atoms with Crippen LogP contribution in [0.1, 0.15) is 110 Å². The van der Waals surface area contributed by atoms with Crippen molar-refractivity contribution < 1.29 is 15.0 Å². The molecule has 0 saturated carbocycles. The second-order valence-electron chi connectivity index (χ2n) is 11.1. The minimum Gasteiger partial charge on any atom is -0.507 e. The molecule has 1 unspecified atom stereocenters. The highest BCUT2D eigenvalue weighted by molar-refractivity contribution is 6.02. The fraction of sp³-hybridized carbons (Fsp3) is 0.303. The average molecular weight is 535 g/mol. The van der Waals surface area contributed by atoms with Crippen molar-refractivity contribution in [1.29, 1.82) is 0 Å².